The lowest BCUT2D eigenvalue weighted by Crippen LogP contribution is -2.43. The summed E-state index contributed by atoms with van der Waals surface area (Å²) in [5.74, 6) is -4.25. The molecule has 26 heavy (non-hydrogen) atoms. The van der Waals surface area contributed by atoms with Crippen LogP contribution in [0.25, 0.3) is 0 Å². The van der Waals surface area contributed by atoms with Crippen molar-refractivity contribution >= 4 is 33.3 Å². The number of carboxylic acid groups (broad SMARTS) is 1. The maximum atomic E-state index is 12.1. The van der Waals surface area contributed by atoms with Crippen molar-refractivity contribution in [1.82, 2.24) is 4.90 Å². The van der Waals surface area contributed by atoms with Crippen LogP contribution in [-0.2, 0) is 24.2 Å². The number of carboxylic acids is 1. The first-order chi connectivity index (χ1) is 12.2. The number of likely N-dealkylation sites (tertiary alicyclic amines) is 1. The van der Waals surface area contributed by atoms with Crippen molar-refractivity contribution in [2.24, 2.45) is 5.92 Å². The van der Waals surface area contributed by atoms with Gasteiger partial charge in [0.25, 0.3) is 0 Å². The highest BCUT2D eigenvalue weighted by atomic mass is 32.2. The molecule has 0 unspecified atom stereocenters. The molecular formula is C17H22N2O6S. The highest BCUT2D eigenvalue weighted by Crippen LogP contribution is 2.17. The van der Waals surface area contributed by atoms with E-state index in [1.54, 1.807) is 24.3 Å². The van der Waals surface area contributed by atoms with Gasteiger partial charge in [0.05, 0.1) is 5.92 Å². The number of aryl methyl sites for hydroxylation is 1. The van der Waals surface area contributed by atoms with Crippen LogP contribution in [0.5, 0.6) is 0 Å². The maximum Gasteiger partial charge on any atom is 0.306 e. The fraction of sp³-hybridized carbons (Fsp3) is 0.471. The van der Waals surface area contributed by atoms with E-state index in [1.165, 1.54) is 4.90 Å². The second-order valence-corrected chi connectivity index (χ2v) is 8.50. The van der Waals surface area contributed by atoms with Gasteiger partial charge >= 0.3 is 5.97 Å². The minimum Gasteiger partial charge on any atom is -0.481 e. The molecule has 1 aromatic rings. The Balaban J connectivity index is 1.85. The van der Waals surface area contributed by atoms with Crippen molar-refractivity contribution in [2.45, 2.75) is 19.8 Å². The molecule has 0 spiro atoms. The van der Waals surface area contributed by atoms with Crippen LogP contribution in [0, 0.1) is 12.8 Å². The summed E-state index contributed by atoms with van der Waals surface area (Å²) in [4.78, 5) is 36.3. The Morgan fingerprint density at radius 2 is 1.69 bits per heavy atom. The summed E-state index contributed by atoms with van der Waals surface area (Å²) in [7, 11) is -3.91. The van der Waals surface area contributed by atoms with Gasteiger partial charge in [0.1, 0.15) is 11.5 Å². The van der Waals surface area contributed by atoms with Gasteiger partial charge in [-0.05, 0) is 31.9 Å². The number of nitrogens with one attached hydrogen (secondary N) is 1. The minimum atomic E-state index is -3.91. The van der Waals surface area contributed by atoms with Crippen LogP contribution in [0.1, 0.15) is 18.4 Å². The van der Waals surface area contributed by atoms with Gasteiger partial charge in [0.15, 0.2) is 9.84 Å². The first-order valence-corrected chi connectivity index (χ1v) is 10.1. The highest BCUT2D eigenvalue weighted by Gasteiger charge is 2.29. The van der Waals surface area contributed by atoms with Crippen molar-refractivity contribution in [3.05, 3.63) is 29.8 Å². The number of hydrogen-bond acceptors (Lipinski definition) is 5. The zero-order chi connectivity index (χ0) is 19.3. The van der Waals surface area contributed by atoms with Gasteiger partial charge in [-0.1, -0.05) is 17.7 Å². The highest BCUT2D eigenvalue weighted by molar-refractivity contribution is 7.92. The topological polar surface area (TPSA) is 121 Å². The third-order valence-electron chi connectivity index (χ3n) is 4.23. The van der Waals surface area contributed by atoms with E-state index in [0.717, 1.165) is 5.56 Å². The minimum absolute atomic E-state index is 0.209. The first kappa shape index (κ1) is 19.9. The lowest BCUT2D eigenvalue weighted by molar-refractivity contribution is -0.145. The molecule has 1 fully saturated rings. The van der Waals surface area contributed by atoms with Gasteiger partial charge in [-0.2, -0.15) is 0 Å². The van der Waals surface area contributed by atoms with Crippen LogP contribution in [0.4, 0.5) is 5.69 Å². The molecule has 0 aliphatic carbocycles. The first-order valence-electron chi connectivity index (χ1n) is 8.24. The van der Waals surface area contributed by atoms with Crippen molar-refractivity contribution in [3.63, 3.8) is 0 Å². The van der Waals surface area contributed by atoms with Gasteiger partial charge < -0.3 is 15.3 Å². The molecule has 9 heteroatoms. The Bertz CT molecular complexity index is 780. The zero-order valence-corrected chi connectivity index (χ0v) is 15.3. The second-order valence-electron chi connectivity index (χ2n) is 6.44. The smallest absolute Gasteiger partial charge is 0.306 e. The summed E-state index contributed by atoms with van der Waals surface area (Å²) in [6.07, 6.45) is 0.601. The summed E-state index contributed by atoms with van der Waals surface area (Å²) in [5, 5.41) is 11.4. The van der Waals surface area contributed by atoms with Crippen LogP contribution in [0.3, 0.4) is 0 Å². The summed E-state index contributed by atoms with van der Waals surface area (Å²) in [6, 6.07) is 6.90. The van der Waals surface area contributed by atoms with Crippen molar-refractivity contribution in [1.29, 1.82) is 0 Å². The quantitative estimate of drug-likeness (QED) is 0.746. The number of rotatable bonds is 6. The number of benzene rings is 1. The molecular weight excluding hydrogens is 360 g/mol. The Morgan fingerprint density at radius 3 is 2.23 bits per heavy atom. The molecule has 1 aliphatic rings. The predicted octanol–water partition coefficient (Wildman–Crippen LogP) is 0.672. The summed E-state index contributed by atoms with van der Waals surface area (Å²) in [6.45, 7) is 2.31. The molecule has 1 heterocycles. The van der Waals surface area contributed by atoms with E-state index in [0.29, 0.717) is 18.5 Å². The molecule has 2 rings (SSSR count). The lowest BCUT2D eigenvalue weighted by atomic mass is 9.97. The average molecular weight is 382 g/mol. The number of nitrogens with zero attached hydrogens (tertiary/aromatic N) is 1. The third-order valence-corrected chi connectivity index (χ3v) is 5.62. The number of carbonyl (C=O) groups excluding carboxylic acids is 2. The molecule has 0 aromatic heterocycles. The van der Waals surface area contributed by atoms with E-state index in [4.69, 9.17) is 5.11 Å². The number of amides is 2. The molecule has 0 radical (unpaired) electrons. The van der Waals surface area contributed by atoms with Gasteiger partial charge in [0.2, 0.25) is 11.8 Å². The van der Waals surface area contributed by atoms with Crippen LogP contribution in [-0.4, -0.2) is 60.8 Å². The lowest BCUT2D eigenvalue weighted by Gasteiger charge is -2.30. The number of aliphatic carboxylic acids is 1. The van der Waals surface area contributed by atoms with Gasteiger partial charge in [0, 0.05) is 18.8 Å². The number of hydrogen-bond donors (Lipinski definition) is 2. The molecule has 1 aliphatic heterocycles. The van der Waals surface area contributed by atoms with Crippen molar-refractivity contribution < 1.29 is 27.9 Å². The maximum absolute atomic E-state index is 12.1. The Morgan fingerprint density at radius 1 is 1.12 bits per heavy atom. The Hall–Kier alpha value is -2.42. The standard InChI is InChI=1S/C17H22N2O6S/c1-12-2-4-14(5-3-12)18-15(20)10-26(24,25)11-16(21)19-8-6-13(7-9-19)17(22)23/h2-5,13H,6-11H2,1H3,(H,18,20)(H,22,23). The number of piperidine rings is 1. The summed E-state index contributed by atoms with van der Waals surface area (Å²) in [5.41, 5.74) is 1.49. The average Bonchev–Trinajstić information content (AvgIpc) is 2.56. The molecule has 0 atom stereocenters. The number of sulfone groups is 1. The van der Waals surface area contributed by atoms with E-state index in [1.807, 2.05) is 6.92 Å². The van der Waals surface area contributed by atoms with Gasteiger partial charge in [-0.15, -0.1) is 0 Å². The summed E-state index contributed by atoms with van der Waals surface area (Å²) < 4.78 is 24.2. The fourth-order valence-corrected chi connectivity index (χ4v) is 3.87. The van der Waals surface area contributed by atoms with Gasteiger partial charge in [-0.25, -0.2) is 8.42 Å². The molecule has 1 aromatic carbocycles. The second kappa shape index (κ2) is 8.31. The van der Waals surface area contributed by atoms with E-state index in [-0.39, 0.29) is 13.1 Å². The van der Waals surface area contributed by atoms with E-state index < -0.39 is 45.0 Å². The SMILES string of the molecule is Cc1ccc(NC(=O)CS(=O)(=O)CC(=O)N2CCC(C(=O)O)CC2)cc1. The van der Waals surface area contributed by atoms with E-state index >= 15 is 0 Å². The Kier molecular flexibility index (Phi) is 6.36. The molecule has 142 valence electrons. The molecule has 2 N–H and O–H groups in total. The van der Waals surface area contributed by atoms with E-state index in [9.17, 15) is 22.8 Å². The van der Waals surface area contributed by atoms with Crippen molar-refractivity contribution in [3.8, 4) is 0 Å². The molecule has 2 amide bonds. The van der Waals surface area contributed by atoms with Crippen LogP contribution >= 0.6 is 0 Å². The van der Waals surface area contributed by atoms with Crippen LogP contribution in [0.15, 0.2) is 24.3 Å². The largest absolute Gasteiger partial charge is 0.481 e. The zero-order valence-electron chi connectivity index (χ0n) is 14.5. The van der Waals surface area contributed by atoms with Crippen LogP contribution in [0.2, 0.25) is 0 Å². The molecule has 0 saturated carbocycles. The summed E-state index contributed by atoms with van der Waals surface area (Å²) >= 11 is 0. The van der Waals surface area contributed by atoms with Crippen LogP contribution < -0.4 is 5.32 Å². The number of carbonyl (C=O) groups is 3. The van der Waals surface area contributed by atoms with E-state index in [2.05, 4.69) is 5.32 Å². The molecule has 8 nitrogen and oxygen atoms in total. The Labute approximate surface area is 152 Å². The van der Waals surface area contributed by atoms with Crippen molar-refractivity contribution in [2.75, 3.05) is 29.9 Å². The number of anilines is 1. The molecule has 1 saturated heterocycles. The third kappa shape index (κ3) is 5.83. The predicted molar refractivity (Wildman–Crippen MR) is 95.4 cm³/mol. The van der Waals surface area contributed by atoms with Gasteiger partial charge in [-0.3, -0.25) is 14.4 Å². The fourth-order valence-electron chi connectivity index (χ4n) is 2.74. The molecule has 0 bridgehead atoms. The monoisotopic (exact) mass is 382 g/mol. The normalized spacial score (nSPS) is 15.5.